The predicted molar refractivity (Wildman–Crippen MR) is 171 cm³/mol. The summed E-state index contributed by atoms with van der Waals surface area (Å²) >= 11 is 6.40. The minimum Gasteiger partial charge on any atom is -0.342 e. The van der Waals surface area contributed by atoms with Crippen molar-refractivity contribution in [1.82, 2.24) is 25.4 Å². The van der Waals surface area contributed by atoms with E-state index in [1.807, 2.05) is 35.4 Å². The highest BCUT2D eigenvalue weighted by Crippen LogP contribution is 2.48. The second kappa shape index (κ2) is 12.2. The highest BCUT2D eigenvalue weighted by Gasteiger charge is 2.57. The van der Waals surface area contributed by atoms with E-state index in [9.17, 15) is 9.18 Å². The van der Waals surface area contributed by atoms with Gasteiger partial charge in [-0.15, -0.1) is 4.68 Å². The van der Waals surface area contributed by atoms with Crippen molar-refractivity contribution in [3.05, 3.63) is 125 Å². The van der Waals surface area contributed by atoms with Gasteiger partial charge in [0.25, 0.3) is 6.33 Å². The predicted octanol–water partition coefficient (Wildman–Crippen LogP) is 6.63. The zero-order valence-electron chi connectivity index (χ0n) is 25.1. The van der Waals surface area contributed by atoms with Gasteiger partial charge in [-0.1, -0.05) is 77.5 Å². The van der Waals surface area contributed by atoms with Crippen LogP contribution in [0.15, 0.2) is 97.5 Å². The summed E-state index contributed by atoms with van der Waals surface area (Å²) in [5, 5.41) is 11.3. The maximum absolute atomic E-state index is 14.2. The maximum Gasteiger partial charge on any atom is 0.293 e. The normalized spacial score (nSPS) is 20.6. The van der Waals surface area contributed by atoms with Crippen LogP contribution in [0.5, 0.6) is 0 Å². The van der Waals surface area contributed by atoms with E-state index < -0.39 is 11.6 Å². The van der Waals surface area contributed by atoms with Gasteiger partial charge in [-0.25, -0.2) is 4.39 Å². The minimum absolute atomic E-state index is 0.0191. The van der Waals surface area contributed by atoms with Crippen LogP contribution >= 0.6 is 11.6 Å². The molecule has 228 valence electrons. The number of alkyl halides is 1. The minimum atomic E-state index is -1.32. The van der Waals surface area contributed by atoms with Crippen molar-refractivity contribution in [2.75, 3.05) is 13.1 Å². The molecule has 2 aliphatic rings. The molecular weight excluding hydrogens is 587 g/mol. The number of halogens is 2. The first-order valence-electron chi connectivity index (χ1n) is 15.5. The van der Waals surface area contributed by atoms with Crippen molar-refractivity contribution in [1.29, 1.82) is 0 Å². The molecule has 0 bridgehead atoms. The topological polar surface area (TPSA) is 78.6 Å². The fraction of sp³-hybridized carbons (Fsp3) is 0.306. The van der Waals surface area contributed by atoms with E-state index in [1.165, 1.54) is 23.6 Å². The van der Waals surface area contributed by atoms with E-state index in [1.54, 1.807) is 11.0 Å². The molecule has 2 fully saturated rings. The Morgan fingerprint density at radius 3 is 2.56 bits per heavy atom. The summed E-state index contributed by atoms with van der Waals surface area (Å²) in [6.45, 7) is 2.89. The van der Waals surface area contributed by atoms with Gasteiger partial charge in [-0.2, -0.15) is 0 Å². The number of likely N-dealkylation sites (tertiary alicyclic amines) is 1. The molecular formula is C36H35ClFN6O+. The van der Waals surface area contributed by atoms with Crippen LogP contribution in [0, 0.1) is 5.92 Å². The third-order valence-corrected chi connectivity index (χ3v) is 9.63. The number of pyridine rings is 1. The molecule has 2 aromatic heterocycles. The number of amides is 1. The number of aromatic nitrogens is 5. The molecule has 1 amide bonds. The van der Waals surface area contributed by atoms with Crippen LogP contribution in [0.4, 0.5) is 4.39 Å². The first-order valence-corrected chi connectivity index (χ1v) is 15.9. The zero-order valence-corrected chi connectivity index (χ0v) is 25.9. The van der Waals surface area contributed by atoms with E-state index in [4.69, 9.17) is 16.6 Å². The molecule has 1 N–H and O–H groups in total. The van der Waals surface area contributed by atoms with Crippen LogP contribution < -0.4 is 4.68 Å². The third-order valence-electron chi connectivity index (χ3n) is 9.39. The summed E-state index contributed by atoms with van der Waals surface area (Å²) in [6.07, 6.45) is 6.45. The summed E-state index contributed by atoms with van der Waals surface area (Å²) in [5.41, 5.74) is 6.12. The van der Waals surface area contributed by atoms with Gasteiger partial charge in [0.1, 0.15) is 16.5 Å². The van der Waals surface area contributed by atoms with Crippen molar-refractivity contribution in [3.8, 4) is 16.8 Å². The fourth-order valence-electron chi connectivity index (χ4n) is 6.62. The van der Waals surface area contributed by atoms with Crippen molar-refractivity contribution in [2.45, 2.75) is 50.1 Å². The second-order valence-electron chi connectivity index (χ2n) is 12.5. The van der Waals surface area contributed by atoms with Gasteiger partial charge in [0.05, 0.1) is 5.92 Å². The van der Waals surface area contributed by atoms with Gasteiger partial charge in [0.2, 0.25) is 5.91 Å². The number of aromatic amines is 1. The summed E-state index contributed by atoms with van der Waals surface area (Å²) in [7, 11) is 0. The number of carbonyl (C=O) groups excluding carboxylic acids is 1. The van der Waals surface area contributed by atoms with Gasteiger partial charge >= 0.3 is 0 Å². The molecule has 3 aromatic carbocycles. The number of hydrogen-bond acceptors (Lipinski definition) is 4. The molecule has 45 heavy (non-hydrogen) atoms. The maximum atomic E-state index is 14.2. The van der Waals surface area contributed by atoms with Gasteiger partial charge in [-0.05, 0) is 79.5 Å². The molecule has 9 heteroatoms. The number of tetrazole rings is 1. The van der Waals surface area contributed by atoms with Gasteiger partial charge < -0.3 is 4.90 Å². The summed E-state index contributed by atoms with van der Waals surface area (Å²) < 4.78 is 15.9. The van der Waals surface area contributed by atoms with Crippen LogP contribution in [0.3, 0.4) is 0 Å². The Hall–Kier alpha value is -4.43. The lowest BCUT2D eigenvalue weighted by atomic mass is 9.84. The molecule has 2 unspecified atom stereocenters. The molecule has 0 radical (unpaired) electrons. The first kappa shape index (κ1) is 29.3. The highest BCUT2D eigenvalue weighted by atomic mass is 35.5. The number of H-pyrrole nitrogens is 1. The van der Waals surface area contributed by atoms with Gasteiger partial charge in [0.15, 0.2) is 5.21 Å². The standard InChI is InChI=1S/C36H34ClFN6O/c1-36(38)21-32(36)35(45)43-16-14-25(15-17-43)26-8-5-9-27(19-26)30(18-24-6-3-2-4-7-24)33-12-10-28(22-39-33)31-20-29(37)11-13-34(31)44-23-40-41-42-44/h2-13,19-20,22-23,25,30,32H,14-18,21H2,1H3/p+1/t30-,32?,36?/m0/s1. The SMILES string of the molecule is CC1(F)CC1C(=O)N1CCC(c2cccc([C@H](Cc3ccccc3)c3ccc(-c4cc(Cl)ccc4-[n+]4cnn[nH]4)cn3)c2)CC1. The summed E-state index contributed by atoms with van der Waals surface area (Å²) in [5.74, 6) is -0.0744. The number of hydrogen-bond donors (Lipinski definition) is 1. The summed E-state index contributed by atoms with van der Waals surface area (Å²) in [4.78, 5) is 19.7. The van der Waals surface area contributed by atoms with E-state index in [-0.39, 0.29) is 11.8 Å². The molecule has 7 nitrogen and oxygen atoms in total. The molecule has 1 saturated heterocycles. The van der Waals surface area contributed by atoms with Crippen LogP contribution in [-0.2, 0) is 11.2 Å². The smallest absolute Gasteiger partial charge is 0.293 e. The molecule has 1 aliphatic carbocycles. The number of piperidine rings is 1. The van der Waals surface area contributed by atoms with E-state index >= 15 is 0 Å². The van der Waals surface area contributed by atoms with Crippen LogP contribution in [-0.4, -0.2) is 50.1 Å². The third kappa shape index (κ3) is 6.25. The Morgan fingerprint density at radius 2 is 1.87 bits per heavy atom. The Kier molecular flexibility index (Phi) is 7.92. The average Bonchev–Trinajstić information content (AvgIpc) is 3.42. The molecule has 7 rings (SSSR count). The molecule has 1 aliphatic heterocycles. The number of benzene rings is 3. The summed E-state index contributed by atoms with van der Waals surface area (Å²) in [6, 6.07) is 29.3. The quantitative estimate of drug-likeness (QED) is 0.197. The lowest BCUT2D eigenvalue weighted by Gasteiger charge is -2.33. The Labute approximate surface area is 267 Å². The van der Waals surface area contributed by atoms with Crippen LogP contribution in [0.25, 0.3) is 16.8 Å². The fourth-order valence-corrected chi connectivity index (χ4v) is 6.80. The first-order chi connectivity index (χ1) is 21.9. The van der Waals surface area contributed by atoms with Gasteiger partial charge in [-0.3, -0.25) is 9.78 Å². The van der Waals surface area contributed by atoms with Crippen molar-refractivity contribution < 1.29 is 13.9 Å². The van der Waals surface area contributed by atoms with Crippen molar-refractivity contribution in [3.63, 3.8) is 0 Å². The van der Waals surface area contributed by atoms with Crippen molar-refractivity contribution in [2.24, 2.45) is 5.92 Å². The largest absolute Gasteiger partial charge is 0.342 e. The van der Waals surface area contributed by atoms with E-state index in [0.29, 0.717) is 30.5 Å². The molecule has 3 atom stereocenters. The number of rotatable bonds is 8. The Balaban J connectivity index is 1.15. The molecule has 0 spiro atoms. The van der Waals surface area contributed by atoms with Gasteiger partial charge in [0, 0.05) is 47.0 Å². The van der Waals surface area contributed by atoms with E-state index in [0.717, 1.165) is 41.8 Å². The number of carbonyl (C=O) groups is 1. The molecule has 1 saturated carbocycles. The van der Waals surface area contributed by atoms with Crippen LogP contribution in [0.2, 0.25) is 5.02 Å². The monoisotopic (exact) mass is 621 g/mol. The molecule has 5 aromatic rings. The lowest BCUT2D eigenvalue weighted by Crippen LogP contribution is -2.39. The zero-order chi connectivity index (χ0) is 31.0. The Morgan fingerprint density at radius 1 is 1.07 bits per heavy atom. The van der Waals surface area contributed by atoms with E-state index in [2.05, 4.69) is 76.2 Å². The lowest BCUT2D eigenvalue weighted by molar-refractivity contribution is -0.659. The Bertz CT molecular complexity index is 1790. The van der Waals surface area contributed by atoms with Crippen LogP contribution in [0.1, 0.15) is 60.4 Å². The second-order valence-corrected chi connectivity index (χ2v) is 12.9. The number of nitrogens with one attached hydrogen (secondary N) is 1. The van der Waals surface area contributed by atoms with Crippen molar-refractivity contribution >= 4 is 17.5 Å². The number of nitrogens with zero attached hydrogens (tertiary/aromatic N) is 5. The highest BCUT2D eigenvalue weighted by molar-refractivity contribution is 6.31. The average molecular weight is 622 g/mol. The molecule has 3 heterocycles.